The van der Waals surface area contributed by atoms with Crippen molar-refractivity contribution in [3.63, 3.8) is 0 Å². The zero-order valence-corrected chi connectivity index (χ0v) is 13.4. The van der Waals surface area contributed by atoms with Crippen LogP contribution in [0.25, 0.3) is 0 Å². The molecule has 0 aliphatic rings. The van der Waals surface area contributed by atoms with E-state index in [2.05, 4.69) is 21.5 Å². The lowest BCUT2D eigenvalue weighted by Crippen LogP contribution is -2.54. The molecule has 1 aromatic rings. The number of hydrogen-bond acceptors (Lipinski definition) is 3. The van der Waals surface area contributed by atoms with Crippen molar-refractivity contribution in [1.82, 2.24) is 16.2 Å². The Kier molecular flexibility index (Phi) is 6.71. The van der Waals surface area contributed by atoms with E-state index in [-0.39, 0.29) is 22.8 Å². The van der Waals surface area contributed by atoms with Gasteiger partial charge in [-0.3, -0.25) is 20.4 Å². The molecule has 4 N–H and O–H groups in total. The predicted octanol–water partition coefficient (Wildman–Crippen LogP) is 1.30. The zero-order valence-electron chi connectivity index (χ0n) is 12.6. The minimum Gasteiger partial charge on any atom is -0.344 e. The lowest BCUT2D eigenvalue weighted by molar-refractivity contribution is -0.129. The van der Waals surface area contributed by atoms with Crippen molar-refractivity contribution in [3.05, 3.63) is 30.1 Å². The van der Waals surface area contributed by atoms with Gasteiger partial charge in [0.05, 0.1) is 0 Å². The van der Waals surface area contributed by atoms with Crippen LogP contribution in [0.3, 0.4) is 0 Å². The Morgan fingerprint density at radius 3 is 2.23 bits per heavy atom. The first-order chi connectivity index (χ1) is 10.3. The van der Waals surface area contributed by atoms with Crippen molar-refractivity contribution < 1.29 is 14.0 Å². The predicted molar refractivity (Wildman–Crippen MR) is 86.3 cm³/mol. The summed E-state index contributed by atoms with van der Waals surface area (Å²) in [5.74, 6) is -1.13. The van der Waals surface area contributed by atoms with E-state index in [9.17, 15) is 14.0 Å². The van der Waals surface area contributed by atoms with Crippen LogP contribution < -0.4 is 21.5 Å². The fourth-order valence-electron chi connectivity index (χ4n) is 1.65. The summed E-state index contributed by atoms with van der Waals surface area (Å²) in [5.41, 5.74) is 5.53. The average Bonchev–Trinajstić information content (AvgIpc) is 2.44. The lowest BCUT2D eigenvalue weighted by Gasteiger charge is -2.21. The van der Waals surface area contributed by atoms with Crippen LogP contribution >= 0.6 is 12.2 Å². The van der Waals surface area contributed by atoms with Gasteiger partial charge in [0.2, 0.25) is 5.91 Å². The molecule has 0 bridgehead atoms. The van der Waals surface area contributed by atoms with E-state index in [1.807, 2.05) is 13.8 Å². The van der Waals surface area contributed by atoms with Crippen molar-refractivity contribution >= 4 is 34.8 Å². The number of rotatable bonds is 4. The van der Waals surface area contributed by atoms with Crippen molar-refractivity contribution in [2.45, 2.75) is 26.8 Å². The highest BCUT2D eigenvalue weighted by Gasteiger charge is 2.22. The van der Waals surface area contributed by atoms with Crippen molar-refractivity contribution in [2.75, 3.05) is 5.32 Å². The number of halogens is 1. The van der Waals surface area contributed by atoms with Gasteiger partial charge in [-0.1, -0.05) is 13.8 Å². The number of carbonyl (C=O) groups is 2. The molecular formula is C14H19FN4O2S. The second kappa shape index (κ2) is 8.28. The molecule has 22 heavy (non-hydrogen) atoms. The Balaban J connectivity index is 2.49. The first-order valence-corrected chi connectivity index (χ1v) is 7.10. The highest BCUT2D eigenvalue weighted by molar-refractivity contribution is 7.80. The maximum absolute atomic E-state index is 12.8. The smallest absolute Gasteiger partial charge is 0.261 e. The Labute approximate surface area is 133 Å². The Bertz CT molecular complexity index is 548. The molecule has 120 valence electrons. The number of amides is 2. The van der Waals surface area contributed by atoms with Gasteiger partial charge in [0.15, 0.2) is 5.11 Å². The highest BCUT2D eigenvalue weighted by atomic mass is 32.1. The summed E-state index contributed by atoms with van der Waals surface area (Å²) in [6, 6.07) is 4.93. The van der Waals surface area contributed by atoms with E-state index in [4.69, 9.17) is 12.2 Å². The molecule has 2 amide bonds. The van der Waals surface area contributed by atoms with Crippen LogP contribution in [0.15, 0.2) is 24.3 Å². The summed E-state index contributed by atoms with van der Waals surface area (Å²) in [6.07, 6.45) is 0. The molecule has 0 heterocycles. The number of carbonyl (C=O) groups excluding carboxylic acids is 2. The summed E-state index contributed by atoms with van der Waals surface area (Å²) in [6.45, 7) is 4.97. The minimum absolute atomic E-state index is 0.0793. The van der Waals surface area contributed by atoms with Gasteiger partial charge in [-0.15, -0.1) is 0 Å². The molecule has 8 heteroatoms. The molecule has 0 saturated carbocycles. The molecule has 1 aromatic carbocycles. The maximum atomic E-state index is 12.8. The van der Waals surface area contributed by atoms with E-state index in [1.54, 1.807) is 0 Å². The third-order valence-corrected chi connectivity index (χ3v) is 2.91. The fraction of sp³-hybridized carbons (Fsp3) is 0.357. The van der Waals surface area contributed by atoms with Crippen LogP contribution in [0.4, 0.5) is 10.1 Å². The Hall–Kier alpha value is -2.22. The van der Waals surface area contributed by atoms with Crippen LogP contribution in [0.2, 0.25) is 0 Å². The van der Waals surface area contributed by atoms with Crippen LogP contribution in [0, 0.1) is 11.7 Å². The SMILES string of the molecule is CC(=O)N[C@H](C(=O)NNC(=S)Nc1ccc(F)cc1)C(C)C. The van der Waals surface area contributed by atoms with E-state index in [1.165, 1.54) is 31.2 Å². The van der Waals surface area contributed by atoms with Gasteiger partial charge in [-0.25, -0.2) is 4.39 Å². The molecule has 0 radical (unpaired) electrons. The van der Waals surface area contributed by atoms with E-state index in [0.29, 0.717) is 5.69 Å². The summed E-state index contributed by atoms with van der Waals surface area (Å²) >= 11 is 5.01. The van der Waals surface area contributed by atoms with Gasteiger partial charge in [0.25, 0.3) is 5.91 Å². The minimum atomic E-state index is -0.668. The van der Waals surface area contributed by atoms with Gasteiger partial charge in [-0.2, -0.15) is 0 Å². The molecule has 0 aromatic heterocycles. The number of thiocarbonyl (C=S) groups is 1. The maximum Gasteiger partial charge on any atom is 0.261 e. The van der Waals surface area contributed by atoms with Crippen LogP contribution in [0.5, 0.6) is 0 Å². The van der Waals surface area contributed by atoms with Crippen molar-refractivity contribution in [1.29, 1.82) is 0 Å². The summed E-state index contributed by atoms with van der Waals surface area (Å²) in [4.78, 5) is 23.1. The topological polar surface area (TPSA) is 82.3 Å². The molecule has 0 unspecified atom stereocenters. The monoisotopic (exact) mass is 326 g/mol. The quantitative estimate of drug-likeness (QED) is 0.495. The lowest BCUT2D eigenvalue weighted by atomic mass is 10.0. The standard InChI is InChI=1S/C14H19FN4O2S/c1-8(2)12(16-9(3)20)13(21)18-19-14(22)17-11-6-4-10(15)5-7-11/h4-8,12H,1-3H3,(H,16,20)(H,18,21)(H2,17,19,22)/t12-/m0/s1. The number of nitrogens with one attached hydrogen (secondary N) is 4. The Morgan fingerprint density at radius 2 is 1.73 bits per heavy atom. The third-order valence-electron chi connectivity index (χ3n) is 2.71. The van der Waals surface area contributed by atoms with E-state index >= 15 is 0 Å². The molecule has 6 nitrogen and oxygen atoms in total. The first-order valence-electron chi connectivity index (χ1n) is 6.69. The summed E-state index contributed by atoms with van der Waals surface area (Å²) in [7, 11) is 0. The number of hydrogen-bond donors (Lipinski definition) is 4. The summed E-state index contributed by atoms with van der Waals surface area (Å²) in [5, 5.41) is 5.49. The summed E-state index contributed by atoms with van der Waals surface area (Å²) < 4.78 is 12.8. The van der Waals surface area contributed by atoms with Crippen LogP contribution in [-0.4, -0.2) is 23.0 Å². The van der Waals surface area contributed by atoms with Crippen LogP contribution in [0.1, 0.15) is 20.8 Å². The molecule has 0 aliphatic carbocycles. The van der Waals surface area contributed by atoms with Crippen molar-refractivity contribution in [3.8, 4) is 0 Å². The normalized spacial score (nSPS) is 11.5. The second-order valence-corrected chi connectivity index (χ2v) is 5.41. The van der Waals surface area contributed by atoms with Crippen molar-refractivity contribution in [2.24, 2.45) is 5.92 Å². The molecule has 1 rings (SSSR count). The molecule has 0 fully saturated rings. The largest absolute Gasteiger partial charge is 0.344 e. The Morgan fingerprint density at radius 1 is 1.14 bits per heavy atom. The fourth-order valence-corrected chi connectivity index (χ4v) is 1.81. The van der Waals surface area contributed by atoms with Gasteiger partial charge in [0, 0.05) is 12.6 Å². The molecule has 0 aliphatic heterocycles. The second-order valence-electron chi connectivity index (χ2n) is 5.00. The highest BCUT2D eigenvalue weighted by Crippen LogP contribution is 2.07. The van der Waals surface area contributed by atoms with Gasteiger partial charge >= 0.3 is 0 Å². The van der Waals surface area contributed by atoms with Crippen LogP contribution in [-0.2, 0) is 9.59 Å². The van der Waals surface area contributed by atoms with Gasteiger partial charge in [0.1, 0.15) is 11.9 Å². The van der Waals surface area contributed by atoms with Gasteiger partial charge < -0.3 is 10.6 Å². The number of anilines is 1. The molecular weight excluding hydrogens is 307 g/mol. The third kappa shape index (κ3) is 6.04. The molecule has 0 saturated heterocycles. The average molecular weight is 326 g/mol. The van der Waals surface area contributed by atoms with Gasteiger partial charge in [-0.05, 0) is 42.4 Å². The van der Waals surface area contributed by atoms with E-state index in [0.717, 1.165) is 0 Å². The number of hydrazine groups is 1. The zero-order chi connectivity index (χ0) is 16.7. The first kappa shape index (κ1) is 17.8. The van der Waals surface area contributed by atoms with E-state index < -0.39 is 11.9 Å². The molecule has 1 atom stereocenters. The molecule has 0 spiro atoms. The number of benzene rings is 1.